The Balaban J connectivity index is 2.57. The van der Waals surface area contributed by atoms with E-state index in [9.17, 15) is 18.6 Å². The molecule has 1 aliphatic heterocycles. The van der Waals surface area contributed by atoms with Crippen LogP contribution in [0.25, 0.3) is 0 Å². The van der Waals surface area contributed by atoms with Gasteiger partial charge in [0.2, 0.25) is 5.75 Å². The average Bonchev–Trinajstić information content (AvgIpc) is 2.21. The molecular weight excluding hydrogens is 260 g/mol. The van der Waals surface area contributed by atoms with Crippen LogP contribution in [0.4, 0.5) is 0 Å². The molecule has 0 saturated carbocycles. The lowest BCUT2D eigenvalue weighted by Crippen LogP contribution is -2.21. The van der Waals surface area contributed by atoms with Gasteiger partial charge in [0.05, 0.1) is 0 Å². The lowest BCUT2D eigenvalue weighted by Gasteiger charge is -2.20. The number of rotatable bonds is 2. The van der Waals surface area contributed by atoms with Crippen LogP contribution in [0.15, 0.2) is 17.7 Å². The lowest BCUT2D eigenvalue weighted by atomic mass is 10.1. The van der Waals surface area contributed by atoms with E-state index in [0.717, 1.165) is 11.6 Å². The molecule has 2 N–H and O–H groups in total. The molecule has 2 bridgehead atoms. The predicted molar refractivity (Wildman–Crippen MR) is 63.1 cm³/mol. The SMILES string of the molecule is CC(C)=CCc1c(O)cc2c(O)c1OS(=O)(=O)O2. The van der Waals surface area contributed by atoms with Crippen LogP contribution in [-0.2, 0) is 16.8 Å². The average molecular weight is 272 g/mol. The van der Waals surface area contributed by atoms with Crippen LogP contribution in [-0.4, -0.2) is 18.6 Å². The highest BCUT2D eigenvalue weighted by atomic mass is 32.3. The van der Waals surface area contributed by atoms with Gasteiger partial charge >= 0.3 is 10.4 Å². The number of fused-ring (bicyclic) bond motifs is 2. The van der Waals surface area contributed by atoms with E-state index in [-0.39, 0.29) is 29.2 Å². The predicted octanol–water partition coefficient (Wildman–Crippen LogP) is 1.62. The summed E-state index contributed by atoms with van der Waals surface area (Å²) in [5.41, 5.74) is 1.18. The van der Waals surface area contributed by atoms with Crippen LogP contribution in [0.2, 0.25) is 0 Å². The Morgan fingerprint density at radius 2 is 2.00 bits per heavy atom. The van der Waals surface area contributed by atoms with Gasteiger partial charge in [-0.05, 0) is 20.3 Å². The molecule has 18 heavy (non-hydrogen) atoms. The van der Waals surface area contributed by atoms with Crippen LogP contribution in [0.3, 0.4) is 0 Å². The summed E-state index contributed by atoms with van der Waals surface area (Å²) in [4.78, 5) is 0. The fraction of sp³-hybridized carbons (Fsp3) is 0.273. The molecule has 0 spiro atoms. The molecule has 1 aromatic rings. The number of allylic oxidation sites excluding steroid dienone is 2. The molecule has 1 aromatic carbocycles. The highest BCUT2D eigenvalue weighted by Crippen LogP contribution is 2.48. The van der Waals surface area contributed by atoms with Crippen molar-refractivity contribution in [3.8, 4) is 23.0 Å². The first kappa shape index (κ1) is 12.6. The summed E-state index contributed by atoms with van der Waals surface area (Å²) in [6.45, 7) is 3.72. The Morgan fingerprint density at radius 1 is 1.33 bits per heavy atom. The maximum Gasteiger partial charge on any atom is 0.501 e. The van der Waals surface area contributed by atoms with Gasteiger partial charge in [-0.3, -0.25) is 0 Å². The molecule has 0 amide bonds. The fourth-order valence-corrected chi connectivity index (χ4v) is 2.30. The van der Waals surface area contributed by atoms with E-state index in [4.69, 9.17) is 0 Å². The summed E-state index contributed by atoms with van der Waals surface area (Å²) < 4.78 is 31.5. The largest absolute Gasteiger partial charge is 0.507 e. The topological polar surface area (TPSA) is 93.1 Å². The molecule has 1 heterocycles. The second kappa shape index (κ2) is 4.09. The molecule has 2 rings (SSSR count). The summed E-state index contributed by atoms with van der Waals surface area (Å²) in [6, 6.07) is 1.05. The smallest absolute Gasteiger partial charge is 0.501 e. The third-order valence-electron chi connectivity index (χ3n) is 2.39. The second-order valence-corrected chi connectivity index (χ2v) is 5.26. The highest BCUT2D eigenvalue weighted by Gasteiger charge is 2.32. The molecular formula is C11H12O6S. The monoisotopic (exact) mass is 272 g/mol. The molecule has 0 saturated heterocycles. The second-order valence-electron chi connectivity index (χ2n) is 4.11. The van der Waals surface area contributed by atoms with E-state index in [1.54, 1.807) is 6.08 Å². The molecule has 1 aliphatic rings. The summed E-state index contributed by atoms with van der Waals surface area (Å²) in [7, 11) is -4.22. The third kappa shape index (κ3) is 2.21. The minimum atomic E-state index is -4.22. The maximum absolute atomic E-state index is 11.2. The Hall–Kier alpha value is -1.89. The van der Waals surface area contributed by atoms with E-state index >= 15 is 0 Å². The van der Waals surface area contributed by atoms with Crippen molar-refractivity contribution in [2.45, 2.75) is 20.3 Å². The lowest BCUT2D eigenvalue weighted by molar-refractivity contribution is 0.330. The number of hydrogen-bond acceptors (Lipinski definition) is 6. The Bertz CT molecular complexity index is 625. The van der Waals surface area contributed by atoms with E-state index in [1.165, 1.54) is 0 Å². The van der Waals surface area contributed by atoms with E-state index in [0.29, 0.717) is 0 Å². The molecule has 0 unspecified atom stereocenters. The van der Waals surface area contributed by atoms with Crippen molar-refractivity contribution in [1.82, 2.24) is 0 Å². The first-order valence-corrected chi connectivity index (χ1v) is 6.48. The number of phenols is 2. The molecule has 0 fully saturated rings. The number of aromatic hydroxyl groups is 2. The van der Waals surface area contributed by atoms with Gasteiger partial charge in [0.1, 0.15) is 5.75 Å². The van der Waals surface area contributed by atoms with Gasteiger partial charge in [-0.2, -0.15) is 0 Å². The van der Waals surface area contributed by atoms with Gasteiger partial charge in [0.15, 0.2) is 11.5 Å². The van der Waals surface area contributed by atoms with E-state index in [2.05, 4.69) is 8.37 Å². The molecule has 0 aliphatic carbocycles. The maximum atomic E-state index is 11.2. The Labute approximate surface area is 104 Å². The quantitative estimate of drug-likeness (QED) is 0.627. The Morgan fingerprint density at radius 3 is 2.61 bits per heavy atom. The van der Waals surface area contributed by atoms with Crippen molar-refractivity contribution < 1.29 is 27.0 Å². The van der Waals surface area contributed by atoms with Crippen LogP contribution in [0.5, 0.6) is 23.0 Å². The zero-order valence-corrected chi connectivity index (χ0v) is 10.6. The minimum absolute atomic E-state index is 0.190. The minimum Gasteiger partial charge on any atom is -0.507 e. The zero-order chi connectivity index (χ0) is 13.5. The number of phenolic OH excluding ortho intramolecular Hbond substituents is 2. The van der Waals surface area contributed by atoms with Crippen LogP contribution in [0.1, 0.15) is 19.4 Å². The standard InChI is InChI=1S/C11H12O6S/c1-6(2)3-4-7-8(12)5-9-10(13)11(7)17-18(14,15)16-9/h3,5,12-13H,4H2,1-2H3. The van der Waals surface area contributed by atoms with Gasteiger partial charge < -0.3 is 18.6 Å². The van der Waals surface area contributed by atoms with Crippen molar-refractivity contribution in [3.63, 3.8) is 0 Å². The Kier molecular flexibility index (Phi) is 2.86. The highest BCUT2D eigenvalue weighted by molar-refractivity contribution is 7.82. The zero-order valence-electron chi connectivity index (χ0n) is 9.80. The molecule has 98 valence electrons. The summed E-state index contributed by atoms with van der Waals surface area (Å²) in [6.07, 6.45) is 2.02. The normalized spacial score (nSPS) is 15.4. The van der Waals surface area contributed by atoms with Crippen LogP contribution in [0, 0.1) is 0 Å². The van der Waals surface area contributed by atoms with Gasteiger partial charge in [-0.15, -0.1) is 8.42 Å². The number of benzene rings is 1. The van der Waals surface area contributed by atoms with Gasteiger partial charge in [-0.25, -0.2) is 0 Å². The fourth-order valence-electron chi connectivity index (χ4n) is 1.54. The van der Waals surface area contributed by atoms with Crippen molar-refractivity contribution in [1.29, 1.82) is 0 Å². The summed E-state index contributed by atoms with van der Waals surface area (Å²) in [5, 5.41) is 19.5. The van der Waals surface area contributed by atoms with Crippen molar-refractivity contribution in [2.75, 3.05) is 0 Å². The molecule has 0 aromatic heterocycles. The first-order chi connectivity index (χ1) is 8.30. The van der Waals surface area contributed by atoms with Crippen LogP contribution < -0.4 is 8.37 Å². The van der Waals surface area contributed by atoms with Gasteiger partial charge in [-0.1, -0.05) is 11.6 Å². The van der Waals surface area contributed by atoms with Gasteiger partial charge in [0, 0.05) is 11.6 Å². The van der Waals surface area contributed by atoms with E-state index in [1.807, 2.05) is 13.8 Å². The number of hydrogen-bond donors (Lipinski definition) is 2. The summed E-state index contributed by atoms with van der Waals surface area (Å²) >= 11 is 0. The van der Waals surface area contributed by atoms with Crippen molar-refractivity contribution in [2.24, 2.45) is 0 Å². The molecule has 7 heteroatoms. The van der Waals surface area contributed by atoms with Crippen LogP contribution >= 0.6 is 0 Å². The molecule has 0 atom stereocenters. The molecule has 6 nitrogen and oxygen atoms in total. The van der Waals surface area contributed by atoms with E-state index < -0.39 is 16.1 Å². The third-order valence-corrected chi connectivity index (χ3v) is 3.15. The molecule has 0 radical (unpaired) electrons. The first-order valence-electron chi connectivity index (χ1n) is 5.15. The van der Waals surface area contributed by atoms with Crippen molar-refractivity contribution >= 4 is 10.4 Å². The van der Waals surface area contributed by atoms with Gasteiger partial charge in [0.25, 0.3) is 0 Å². The van der Waals surface area contributed by atoms with Crippen molar-refractivity contribution in [3.05, 3.63) is 23.3 Å². The summed E-state index contributed by atoms with van der Waals surface area (Å²) in [5.74, 6) is -1.24.